The predicted octanol–water partition coefficient (Wildman–Crippen LogP) is -0.550. The van der Waals surface area contributed by atoms with Crippen molar-refractivity contribution in [2.45, 2.75) is 19.4 Å². The van der Waals surface area contributed by atoms with E-state index in [0.29, 0.717) is 18.9 Å². The number of carbonyl (C=O) groups excluding carboxylic acids is 2. The molecule has 7 heteroatoms. The van der Waals surface area contributed by atoms with Crippen molar-refractivity contribution in [2.24, 2.45) is 5.92 Å². The van der Waals surface area contributed by atoms with E-state index >= 15 is 0 Å². The summed E-state index contributed by atoms with van der Waals surface area (Å²) >= 11 is 0. The first kappa shape index (κ1) is 13.4. The van der Waals surface area contributed by atoms with Gasteiger partial charge in [-0.2, -0.15) is 5.10 Å². The zero-order valence-electron chi connectivity index (χ0n) is 11.0. The largest absolute Gasteiger partial charge is 0.382 e. The second-order valence-electron chi connectivity index (χ2n) is 4.73. The minimum absolute atomic E-state index is 0.000772. The maximum atomic E-state index is 12.1. The summed E-state index contributed by atoms with van der Waals surface area (Å²) in [7, 11) is 1.62. The van der Waals surface area contributed by atoms with E-state index in [0.717, 1.165) is 12.8 Å². The third kappa shape index (κ3) is 3.24. The molecule has 0 spiro atoms. The molecule has 0 radical (unpaired) electrons. The van der Waals surface area contributed by atoms with Gasteiger partial charge in [-0.3, -0.25) is 14.3 Å². The van der Waals surface area contributed by atoms with E-state index in [9.17, 15) is 9.59 Å². The van der Waals surface area contributed by atoms with Crippen LogP contribution >= 0.6 is 0 Å². The lowest BCUT2D eigenvalue weighted by Gasteiger charge is -2.31. The number of nitrogens with zero attached hydrogens (tertiary/aromatic N) is 3. The van der Waals surface area contributed by atoms with E-state index in [1.165, 1.54) is 4.68 Å². The van der Waals surface area contributed by atoms with Crippen molar-refractivity contribution in [1.29, 1.82) is 0 Å². The van der Waals surface area contributed by atoms with E-state index in [-0.39, 0.29) is 24.3 Å². The molecule has 2 amide bonds. The number of hydrogen-bond acceptors (Lipinski definition) is 4. The molecular weight excluding hydrogens is 246 g/mol. The Morgan fingerprint density at radius 1 is 1.58 bits per heavy atom. The van der Waals surface area contributed by atoms with Crippen LogP contribution in [0.3, 0.4) is 0 Å². The average Bonchev–Trinajstić information content (AvgIpc) is 2.83. The van der Waals surface area contributed by atoms with Crippen molar-refractivity contribution < 1.29 is 9.59 Å². The molecule has 1 atom stereocenters. The first-order valence-electron chi connectivity index (χ1n) is 6.38. The summed E-state index contributed by atoms with van der Waals surface area (Å²) in [4.78, 5) is 25.5. The summed E-state index contributed by atoms with van der Waals surface area (Å²) in [6.45, 7) is 1.34. The molecule has 1 unspecified atom stereocenters. The lowest BCUT2D eigenvalue weighted by molar-refractivity contribution is -0.136. The van der Waals surface area contributed by atoms with Gasteiger partial charge in [0.2, 0.25) is 11.8 Å². The summed E-state index contributed by atoms with van der Waals surface area (Å²) in [5, 5.41) is 6.62. The zero-order chi connectivity index (χ0) is 13.8. The van der Waals surface area contributed by atoms with Gasteiger partial charge in [0.15, 0.2) is 0 Å². The fourth-order valence-electron chi connectivity index (χ4n) is 2.33. The Bertz CT molecular complexity index is 470. The van der Waals surface area contributed by atoms with Crippen LogP contribution in [0.4, 0.5) is 5.82 Å². The third-order valence-corrected chi connectivity index (χ3v) is 3.35. The number of carbonyl (C=O) groups is 2. The predicted molar refractivity (Wildman–Crippen MR) is 70.0 cm³/mol. The molecule has 1 aliphatic heterocycles. The molecule has 2 rings (SSSR count). The number of nitrogens with two attached hydrogens (primary N) is 1. The summed E-state index contributed by atoms with van der Waals surface area (Å²) < 4.78 is 1.52. The SMILES string of the molecule is CNC(=O)C1CCCN(C(=O)Cn2ccc(N)n2)C1. The topological polar surface area (TPSA) is 93.2 Å². The third-order valence-electron chi connectivity index (χ3n) is 3.35. The highest BCUT2D eigenvalue weighted by atomic mass is 16.2. The van der Waals surface area contributed by atoms with E-state index in [1.54, 1.807) is 24.2 Å². The Balaban J connectivity index is 1.93. The second kappa shape index (κ2) is 5.73. The molecule has 3 N–H and O–H groups in total. The molecular formula is C12H19N5O2. The van der Waals surface area contributed by atoms with Crippen molar-refractivity contribution in [3.63, 3.8) is 0 Å². The lowest BCUT2D eigenvalue weighted by Crippen LogP contribution is -2.45. The van der Waals surface area contributed by atoms with Gasteiger partial charge in [-0.05, 0) is 18.9 Å². The average molecular weight is 265 g/mol. The Labute approximate surface area is 111 Å². The second-order valence-corrected chi connectivity index (χ2v) is 4.73. The molecule has 104 valence electrons. The van der Waals surface area contributed by atoms with Gasteiger partial charge in [-0.25, -0.2) is 0 Å². The van der Waals surface area contributed by atoms with Crippen LogP contribution in [0.5, 0.6) is 0 Å². The standard InChI is InChI=1S/C12H19N5O2/c1-14-12(19)9-3-2-5-16(7-9)11(18)8-17-6-4-10(13)15-17/h4,6,9H,2-3,5,7-8H2,1H3,(H2,13,15)(H,14,19). The number of likely N-dealkylation sites (tertiary alicyclic amines) is 1. The zero-order valence-corrected chi connectivity index (χ0v) is 11.0. The quantitative estimate of drug-likeness (QED) is 0.767. The minimum atomic E-state index is -0.106. The molecule has 0 aromatic carbocycles. The smallest absolute Gasteiger partial charge is 0.244 e. The number of hydrogen-bond donors (Lipinski definition) is 2. The maximum Gasteiger partial charge on any atom is 0.244 e. The number of nitrogen functional groups attached to an aromatic ring is 1. The molecule has 1 aliphatic rings. The van der Waals surface area contributed by atoms with Gasteiger partial charge in [0, 0.05) is 26.3 Å². The highest BCUT2D eigenvalue weighted by Crippen LogP contribution is 2.17. The highest BCUT2D eigenvalue weighted by molar-refractivity contribution is 5.81. The first-order valence-corrected chi connectivity index (χ1v) is 6.38. The summed E-state index contributed by atoms with van der Waals surface area (Å²) in [6.07, 6.45) is 3.36. The fraction of sp³-hybridized carbons (Fsp3) is 0.583. The van der Waals surface area contributed by atoms with E-state index in [1.807, 2.05) is 0 Å². The Hall–Kier alpha value is -2.05. The molecule has 2 heterocycles. The van der Waals surface area contributed by atoms with Crippen molar-refractivity contribution in [3.8, 4) is 0 Å². The summed E-state index contributed by atoms with van der Waals surface area (Å²) in [6, 6.07) is 1.65. The van der Waals surface area contributed by atoms with Crippen molar-refractivity contribution in [1.82, 2.24) is 20.0 Å². The molecule has 0 aliphatic carbocycles. The first-order chi connectivity index (χ1) is 9.10. The van der Waals surface area contributed by atoms with Gasteiger partial charge in [-0.1, -0.05) is 0 Å². The fourth-order valence-corrected chi connectivity index (χ4v) is 2.33. The molecule has 0 saturated carbocycles. The van der Waals surface area contributed by atoms with Crippen LogP contribution in [0, 0.1) is 5.92 Å². The Morgan fingerprint density at radius 2 is 2.37 bits per heavy atom. The Morgan fingerprint density at radius 3 is 3.00 bits per heavy atom. The van der Waals surface area contributed by atoms with E-state index in [2.05, 4.69) is 10.4 Å². The number of anilines is 1. The van der Waals surface area contributed by atoms with Crippen LogP contribution in [0.2, 0.25) is 0 Å². The van der Waals surface area contributed by atoms with Gasteiger partial charge in [0.05, 0.1) is 5.92 Å². The van der Waals surface area contributed by atoms with Crippen LogP contribution in [0.1, 0.15) is 12.8 Å². The number of rotatable bonds is 3. The monoisotopic (exact) mass is 265 g/mol. The van der Waals surface area contributed by atoms with Gasteiger partial charge >= 0.3 is 0 Å². The Kier molecular flexibility index (Phi) is 4.03. The number of nitrogens with one attached hydrogen (secondary N) is 1. The van der Waals surface area contributed by atoms with Crippen LogP contribution in [-0.4, -0.2) is 46.6 Å². The van der Waals surface area contributed by atoms with Gasteiger partial charge in [-0.15, -0.1) is 0 Å². The molecule has 1 aromatic rings. The minimum Gasteiger partial charge on any atom is -0.382 e. The molecule has 19 heavy (non-hydrogen) atoms. The van der Waals surface area contributed by atoms with Crippen molar-refractivity contribution in [3.05, 3.63) is 12.3 Å². The van der Waals surface area contributed by atoms with Crippen molar-refractivity contribution in [2.75, 3.05) is 25.9 Å². The van der Waals surface area contributed by atoms with Crippen LogP contribution < -0.4 is 11.1 Å². The lowest BCUT2D eigenvalue weighted by atomic mass is 9.97. The summed E-state index contributed by atoms with van der Waals surface area (Å²) in [5.41, 5.74) is 5.50. The molecule has 1 aromatic heterocycles. The van der Waals surface area contributed by atoms with E-state index < -0.39 is 0 Å². The van der Waals surface area contributed by atoms with Crippen LogP contribution in [0.15, 0.2) is 12.3 Å². The normalized spacial score (nSPS) is 19.2. The highest BCUT2D eigenvalue weighted by Gasteiger charge is 2.27. The molecule has 1 saturated heterocycles. The van der Waals surface area contributed by atoms with E-state index in [4.69, 9.17) is 5.73 Å². The molecule has 1 fully saturated rings. The van der Waals surface area contributed by atoms with Crippen molar-refractivity contribution >= 4 is 17.6 Å². The maximum absolute atomic E-state index is 12.1. The number of piperidine rings is 1. The van der Waals surface area contributed by atoms with Crippen LogP contribution in [-0.2, 0) is 16.1 Å². The number of amides is 2. The number of aromatic nitrogens is 2. The van der Waals surface area contributed by atoms with Gasteiger partial charge < -0.3 is 16.0 Å². The summed E-state index contributed by atoms with van der Waals surface area (Å²) in [5.74, 6) is 0.262. The van der Waals surface area contributed by atoms with Gasteiger partial charge in [0.1, 0.15) is 12.4 Å². The van der Waals surface area contributed by atoms with Crippen LogP contribution in [0.25, 0.3) is 0 Å². The molecule has 0 bridgehead atoms. The van der Waals surface area contributed by atoms with Gasteiger partial charge in [0.25, 0.3) is 0 Å². The molecule has 7 nitrogen and oxygen atoms in total.